The first-order valence-corrected chi connectivity index (χ1v) is 5.01. The average molecular weight is 216 g/mol. The Morgan fingerprint density at radius 2 is 2.25 bits per heavy atom. The molecular formula is C11H12N4O. The van der Waals surface area contributed by atoms with E-state index in [1.54, 1.807) is 18.5 Å². The molecule has 5 heteroatoms. The van der Waals surface area contributed by atoms with Crippen molar-refractivity contribution >= 4 is 5.91 Å². The summed E-state index contributed by atoms with van der Waals surface area (Å²) in [7, 11) is 0. The monoisotopic (exact) mass is 216 g/mol. The van der Waals surface area contributed by atoms with E-state index in [2.05, 4.69) is 9.97 Å². The molecule has 2 rings (SSSR count). The minimum Gasteiger partial charge on any atom is -0.364 e. The first-order valence-electron chi connectivity index (χ1n) is 5.01. The van der Waals surface area contributed by atoms with E-state index in [0.717, 1.165) is 17.9 Å². The van der Waals surface area contributed by atoms with Crippen LogP contribution < -0.4 is 5.73 Å². The van der Waals surface area contributed by atoms with Crippen LogP contribution in [0.4, 0.5) is 0 Å². The first kappa shape index (κ1) is 10.4. The maximum Gasteiger partial charge on any atom is 0.267 e. The molecule has 0 unspecified atom stereocenters. The van der Waals surface area contributed by atoms with Crippen LogP contribution in [0.25, 0.3) is 5.69 Å². The number of aromatic nitrogens is 3. The molecular weight excluding hydrogens is 204 g/mol. The number of aryl methyl sites for hydroxylation is 1. The number of carbonyl (C=O) groups is 1. The van der Waals surface area contributed by atoms with Gasteiger partial charge in [0.2, 0.25) is 0 Å². The van der Waals surface area contributed by atoms with Gasteiger partial charge in [-0.2, -0.15) is 0 Å². The van der Waals surface area contributed by atoms with Crippen molar-refractivity contribution in [3.63, 3.8) is 0 Å². The minimum absolute atomic E-state index is 0.258. The number of nitrogens with zero attached hydrogens (tertiary/aromatic N) is 3. The normalized spacial score (nSPS) is 10.3. The molecule has 5 nitrogen and oxygen atoms in total. The summed E-state index contributed by atoms with van der Waals surface area (Å²) in [5.74, 6) is 0.404. The van der Waals surface area contributed by atoms with E-state index in [4.69, 9.17) is 5.73 Å². The summed E-state index contributed by atoms with van der Waals surface area (Å²) in [6.07, 6.45) is 5.96. The molecule has 2 N–H and O–H groups in total. The highest BCUT2D eigenvalue weighted by atomic mass is 16.1. The smallest absolute Gasteiger partial charge is 0.267 e. The van der Waals surface area contributed by atoms with Gasteiger partial charge in [0.05, 0.1) is 5.69 Å². The third-order valence-electron chi connectivity index (χ3n) is 2.31. The molecule has 2 aromatic rings. The number of amides is 1. The number of imidazole rings is 1. The number of nitrogens with two attached hydrogens (primary N) is 1. The molecule has 0 saturated heterocycles. The first-order chi connectivity index (χ1) is 7.72. The predicted octanol–water partition coefficient (Wildman–Crippen LogP) is 0.929. The van der Waals surface area contributed by atoms with E-state index in [0.29, 0.717) is 0 Å². The van der Waals surface area contributed by atoms with E-state index < -0.39 is 5.91 Å². The molecule has 0 saturated carbocycles. The number of hydrogen-bond donors (Lipinski definition) is 1. The number of rotatable bonds is 3. The number of hydrogen-bond acceptors (Lipinski definition) is 3. The maximum atomic E-state index is 11.0. The van der Waals surface area contributed by atoms with Crippen molar-refractivity contribution in [2.45, 2.75) is 13.3 Å². The van der Waals surface area contributed by atoms with Gasteiger partial charge in [-0.25, -0.2) is 4.98 Å². The highest BCUT2D eigenvalue weighted by Gasteiger charge is 2.06. The topological polar surface area (TPSA) is 73.8 Å². The van der Waals surface area contributed by atoms with Gasteiger partial charge in [-0.1, -0.05) is 6.92 Å². The number of pyridine rings is 1. The second kappa shape index (κ2) is 4.14. The van der Waals surface area contributed by atoms with E-state index >= 15 is 0 Å². The van der Waals surface area contributed by atoms with Crippen molar-refractivity contribution in [3.8, 4) is 5.69 Å². The van der Waals surface area contributed by atoms with Crippen LogP contribution >= 0.6 is 0 Å². The Morgan fingerprint density at radius 1 is 1.44 bits per heavy atom. The molecule has 0 spiro atoms. The lowest BCUT2D eigenvalue weighted by Crippen LogP contribution is -2.13. The zero-order valence-corrected chi connectivity index (χ0v) is 8.92. The van der Waals surface area contributed by atoms with Crippen LogP contribution in [0, 0.1) is 0 Å². The Hall–Kier alpha value is -2.17. The number of carbonyl (C=O) groups excluding carboxylic acids is 1. The molecule has 0 aliphatic rings. The fourth-order valence-electron chi connectivity index (χ4n) is 1.53. The summed E-state index contributed by atoms with van der Waals surface area (Å²) in [5.41, 5.74) is 6.28. The summed E-state index contributed by atoms with van der Waals surface area (Å²) in [4.78, 5) is 19.1. The predicted molar refractivity (Wildman–Crippen MR) is 59.3 cm³/mol. The fraction of sp³-hybridized carbons (Fsp3) is 0.182. The van der Waals surface area contributed by atoms with Gasteiger partial charge in [0.15, 0.2) is 0 Å². The molecule has 1 amide bonds. The molecule has 0 aromatic carbocycles. The van der Waals surface area contributed by atoms with Gasteiger partial charge in [-0.15, -0.1) is 0 Å². The van der Waals surface area contributed by atoms with Crippen LogP contribution in [0.15, 0.2) is 30.7 Å². The lowest BCUT2D eigenvalue weighted by molar-refractivity contribution is 0.0995. The third kappa shape index (κ3) is 1.79. The Balaban J connectivity index is 2.48. The van der Waals surface area contributed by atoms with Crippen molar-refractivity contribution < 1.29 is 4.79 Å². The largest absolute Gasteiger partial charge is 0.364 e. The van der Waals surface area contributed by atoms with Crippen LogP contribution in [-0.4, -0.2) is 20.4 Å². The summed E-state index contributed by atoms with van der Waals surface area (Å²) in [6.45, 7) is 2.02. The van der Waals surface area contributed by atoms with E-state index in [9.17, 15) is 4.79 Å². The van der Waals surface area contributed by atoms with Gasteiger partial charge in [-0.3, -0.25) is 9.78 Å². The third-order valence-corrected chi connectivity index (χ3v) is 2.31. The van der Waals surface area contributed by atoms with Gasteiger partial charge >= 0.3 is 0 Å². The van der Waals surface area contributed by atoms with Gasteiger partial charge in [0.25, 0.3) is 5.91 Å². The van der Waals surface area contributed by atoms with Gasteiger partial charge in [0.1, 0.15) is 11.5 Å². The minimum atomic E-state index is -0.528. The molecule has 0 atom stereocenters. The fourth-order valence-corrected chi connectivity index (χ4v) is 1.53. The van der Waals surface area contributed by atoms with Crippen LogP contribution in [0.1, 0.15) is 23.2 Å². The quantitative estimate of drug-likeness (QED) is 0.829. The Kier molecular flexibility index (Phi) is 2.68. The van der Waals surface area contributed by atoms with Crippen molar-refractivity contribution in [2.75, 3.05) is 0 Å². The molecule has 0 radical (unpaired) electrons. The Morgan fingerprint density at radius 3 is 2.94 bits per heavy atom. The van der Waals surface area contributed by atoms with Gasteiger partial charge in [0, 0.05) is 25.0 Å². The van der Waals surface area contributed by atoms with E-state index in [-0.39, 0.29) is 5.69 Å². The molecule has 0 aliphatic carbocycles. The highest BCUT2D eigenvalue weighted by Crippen LogP contribution is 2.11. The van der Waals surface area contributed by atoms with Crippen LogP contribution in [0.2, 0.25) is 0 Å². The lowest BCUT2D eigenvalue weighted by Gasteiger charge is -2.06. The van der Waals surface area contributed by atoms with Gasteiger partial charge < -0.3 is 10.3 Å². The van der Waals surface area contributed by atoms with Crippen LogP contribution in [0.5, 0.6) is 0 Å². The molecule has 2 heterocycles. The highest BCUT2D eigenvalue weighted by molar-refractivity contribution is 5.91. The number of primary amides is 1. The zero-order valence-electron chi connectivity index (χ0n) is 8.92. The lowest BCUT2D eigenvalue weighted by atomic mass is 10.3. The summed E-state index contributed by atoms with van der Waals surface area (Å²) in [6, 6.07) is 3.47. The molecule has 82 valence electrons. The maximum absolute atomic E-state index is 11.0. The zero-order chi connectivity index (χ0) is 11.5. The van der Waals surface area contributed by atoms with Crippen LogP contribution in [0.3, 0.4) is 0 Å². The second-order valence-corrected chi connectivity index (χ2v) is 3.33. The summed E-state index contributed by atoms with van der Waals surface area (Å²) < 4.78 is 1.91. The summed E-state index contributed by atoms with van der Waals surface area (Å²) >= 11 is 0. The van der Waals surface area contributed by atoms with Crippen molar-refractivity contribution in [3.05, 3.63) is 42.2 Å². The SMILES string of the molecule is CCc1nccn1-c1ccnc(C(N)=O)c1. The second-order valence-electron chi connectivity index (χ2n) is 3.33. The van der Waals surface area contributed by atoms with Crippen molar-refractivity contribution in [1.29, 1.82) is 0 Å². The van der Waals surface area contributed by atoms with Crippen molar-refractivity contribution in [2.24, 2.45) is 5.73 Å². The molecule has 0 aliphatic heterocycles. The van der Waals surface area contributed by atoms with E-state index in [1.165, 1.54) is 0 Å². The van der Waals surface area contributed by atoms with Gasteiger partial charge in [-0.05, 0) is 12.1 Å². The Labute approximate surface area is 92.9 Å². The molecule has 16 heavy (non-hydrogen) atoms. The molecule has 0 bridgehead atoms. The molecule has 0 fully saturated rings. The summed E-state index contributed by atoms with van der Waals surface area (Å²) in [5, 5.41) is 0. The van der Waals surface area contributed by atoms with E-state index in [1.807, 2.05) is 23.8 Å². The standard InChI is InChI=1S/C11H12N4O/c1-2-10-14-5-6-15(10)8-3-4-13-9(7-8)11(12)16/h3-7H,2H2,1H3,(H2,12,16). The van der Waals surface area contributed by atoms with Crippen LogP contribution in [-0.2, 0) is 6.42 Å². The molecule has 2 aromatic heterocycles. The Bertz CT molecular complexity index is 518. The van der Waals surface area contributed by atoms with Crippen molar-refractivity contribution in [1.82, 2.24) is 14.5 Å². The average Bonchev–Trinajstić information content (AvgIpc) is 2.77.